The van der Waals surface area contributed by atoms with E-state index < -0.39 is 0 Å². The predicted octanol–water partition coefficient (Wildman–Crippen LogP) is 2.31. The minimum Gasteiger partial charge on any atom is -0.461 e. The highest BCUT2D eigenvalue weighted by Crippen LogP contribution is 2.20. The second kappa shape index (κ2) is 5.84. The summed E-state index contributed by atoms with van der Waals surface area (Å²) in [4.78, 5) is 14.6. The highest BCUT2D eigenvalue weighted by Gasteiger charge is 2.17. The minimum atomic E-state index is 0.118. The number of hydrogen-bond acceptors (Lipinski definition) is 7. The quantitative estimate of drug-likeness (QED) is 0.711. The van der Waals surface area contributed by atoms with Crippen molar-refractivity contribution in [1.29, 1.82) is 0 Å². The smallest absolute Gasteiger partial charge is 0.241 e. The molecule has 3 aromatic heterocycles. The third-order valence-electron chi connectivity index (χ3n) is 3.29. The molecule has 7 heteroatoms. The Hall–Kier alpha value is -2.54. The molecule has 0 N–H and O–H groups in total. The van der Waals surface area contributed by atoms with Crippen molar-refractivity contribution in [2.45, 2.75) is 19.5 Å². The van der Waals surface area contributed by atoms with Gasteiger partial charge < -0.3 is 8.94 Å². The molecule has 0 bridgehead atoms. The van der Waals surface area contributed by atoms with Gasteiger partial charge in [-0.1, -0.05) is 5.16 Å². The fourth-order valence-corrected chi connectivity index (χ4v) is 1.95. The Morgan fingerprint density at radius 3 is 2.95 bits per heavy atom. The van der Waals surface area contributed by atoms with Crippen LogP contribution in [0.1, 0.15) is 24.6 Å². The van der Waals surface area contributed by atoms with Gasteiger partial charge in [0.15, 0.2) is 5.76 Å². The summed E-state index contributed by atoms with van der Waals surface area (Å²) in [6.45, 7) is 2.59. The lowest BCUT2D eigenvalue weighted by atomic mass is 10.2. The van der Waals surface area contributed by atoms with Gasteiger partial charge in [-0.3, -0.25) is 4.90 Å². The summed E-state index contributed by atoms with van der Waals surface area (Å²) < 4.78 is 10.5. The van der Waals surface area contributed by atoms with Gasteiger partial charge in [-0.15, -0.1) is 0 Å². The third kappa shape index (κ3) is 2.97. The normalized spacial score (nSPS) is 12.7. The lowest BCUT2D eigenvalue weighted by Crippen LogP contribution is -2.22. The van der Waals surface area contributed by atoms with Crippen molar-refractivity contribution in [3.63, 3.8) is 0 Å². The summed E-state index contributed by atoms with van der Waals surface area (Å²) in [6.07, 6.45) is 4.85. The van der Waals surface area contributed by atoms with E-state index in [9.17, 15) is 0 Å². The molecule has 7 nitrogen and oxygen atoms in total. The molecule has 0 fully saturated rings. The van der Waals surface area contributed by atoms with Crippen LogP contribution in [0.4, 0.5) is 0 Å². The molecule has 0 aromatic carbocycles. The predicted molar refractivity (Wildman–Crippen MR) is 73.9 cm³/mol. The van der Waals surface area contributed by atoms with Gasteiger partial charge in [0, 0.05) is 12.2 Å². The molecular weight excluding hydrogens is 270 g/mol. The van der Waals surface area contributed by atoms with E-state index in [1.807, 2.05) is 13.1 Å². The maximum atomic E-state index is 5.25. The lowest BCUT2D eigenvalue weighted by Gasteiger charge is -2.22. The topological polar surface area (TPSA) is 81.1 Å². The number of aromatic nitrogens is 4. The zero-order chi connectivity index (χ0) is 14.7. The first-order valence-corrected chi connectivity index (χ1v) is 6.56. The fourth-order valence-electron chi connectivity index (χ4n) is 1.95. The summed E-state index contributed by atoms with van der Waals surface area (Å²) in [7, 11) is 1.98. The monoisotopic (exact) mass is 285 g/mol. The molecule has 3 aromatic rings. The van der Waals surface area contributed by atoms with E-state index in [0.29, 0.717) is 24.0 Å². The first-order valence-electron chi connectivity index (χ1n) is 6.56. The van der Waals surface area contributed by atoms with Gasteiger partial charge in [0.1, 0.15) is 6.33 Å². The molecule has 0 spiro atoms. The van der Waals surface area contributed by atoms with Crippen LogP contribution in [-0.4, -0.2) is 32.1 Å². The van der Waals surface area contributed by atoms with E-state index in [2.05, 4.69) is 31.9 Å². The second-order valence-corrected chi connectivity index (χ2v) is 4.71. The van der Waals surface area contributed by atoms with Crippen LogP contribution in [0.2, 0.25) is 0 Å². The van der Waals surface area contributed by atoms with Crippen molar-refractivity contribution >= 4 is 0 Å². The standard InChI is InChI=1S/C14H15N5O2/c1-10(11-5-6-15-9-16-11)19(2)8-13-17-14(18-21-13)12-4-3-7-20-12/h3-7,9-10H,8H2,1-2H3. The van der Waals surface area contributed by atoms with Crippen LogP contribution >= 0.6 is 0 Å². The van der Waals surface area contributed by atoms with Gasteiger partial charge in [-0.2, -0.15) is 4.98 Å². The maximum Gasteiger partial charge on any atom is 0.241 e. The highest BCUT2D eigenvalue weighted by atomic mass is 16.5. The molecule has 0 amide bonds. The fraction of sp³-hybridized carbons (Fsp3) is 0.286. The van der Waals surface area contributed by atoms with Crippen LogP contribution in [-0.2, 0) is 6.54 Å². The van der Waals surface area contributed by atoms with Crippen LogP contribution in [0, 0.1) is 0 Å². The first-order chi connectivity index (χ1) is 10.2. The zero-order valence-corrected chi connectivity index (χ0v) is 11.8. The van der Waals surface area contributed by atoms with Crippen molar-refractivity contribution in [3.05, 3.63) is 48.6 Å². The number of rotatable bonds is 5. The molecule has 0 radical (unpaired) electrons. The Balaban J connectivity index is 1.69. The average molecular weight is 285 g/mol. The zero-order valence-electron chi connectivity index (χ0n) is 11.8. The summed E-state index contributed by atoms with van der Waals surface area (Å²) in [5.74, 6) is 1.58. The van der Waals surface area contributed by atoms with Crippen LogP contribution < -0.4 is 0 Å². The first kappa shape index (κ1) is 13.4. The largest absolute Gasteiger partial charge is 0.461 e. The summed E-state index contributed by atoms with van der Waals surface area (Å²) >= 11 is 0. The van der Waals surface area contributed by atoms with Gasteiger partial charge in [-0.25, -0.2) is 9.97 Å². The molecule has 0 aliphatic heterocycles. The molecule has 3 rings (SSSR count). The third-order valence-corrected chi connectivity index (χ3v) is 3.29. The summed E-state index contributed by atoms with van der Waals surface area (Å²) in [5, 5.41) is 3.91. The van der Waals surface area contributed by atoms with Gasteiger partial charge >= 0.3 is 0 Å². The molecule has 1 unspecified atom stereocenters. The molecule has 3 heterocycles. The van der Waals surface area contributed by atoms with Gasteiger partial charge in [-0.05, 0) is 32.2 Å². The molecular formula is C14H15N5O2. The molecule has 0 saturated carbocycles. The Morgan fingerprint density at radius 2 is 2.24 bits per heavy atom. The van der Waals surface area contributed by atoms with Crippen LogP contribution in [0.5, 0.6) is 0 Å². The Bertz CT molecular complexity index is 680. The number of hydrogen-bond donors (Lipinski definition) is 0. The van der Waals surface area contributed by atoms with E-state index >= 15 is 0 Å². The maximum absolute atomic E-state index is 5.25. The highest BCUT2D eigenvalue weighted by molar-refractivity contribution is 5.44. The number of furan rings is 1. The Kier molecular flexibility index (Phi) is 3.74. The van der Waals surface area contributed by atoms with E-state index in [1.54, 1.807) is 30.9 Å². The molecule has 0 saturated heterocycles. The van der Waals surface area contributed by atoms with Gasteiger partial charge in [0.05, 0.1) is 18.5 Å². The Morgan fingerprint density at radius 1 is 1.33 bits per heavy atom. The van der Waals surface area contributed by atoms with Crippen LogP contribution in [0.25, 0.3) is 11.6 Å². The van der Waals surface area contributed by atoms with E-state index in [4.69, 9.17) is 8.94 Å². The molecule has 21 heavy (non-hydrogen) atoms. The van der Waals surface area contributed by atoms with Crippen LogP contribution in [0.3, 0.4) is 0 Å². The number of nitrogens with zero attached hydrogens (tertiary/aromatic N) is 5. The van der Waals surface area contributed by atoms with Crippen molar-refractivity contribution in [3.8, 4) is 11.6 Å². The van der Waals surface area contributed by atoms with Crippen molar-refractivity contribution < 1.29 is 8.94 Å². The minimum absolute atomic E-state index is 0.118. The SMILES string of the molecule is CC(c1ccncn1)N(C)Cc1nc(-c2ccco2)no1. The molecule has 0 aliphatic carbocycles. The molecule has 0 aliphatic rings. The lowest BCUT2D eigenvalue weighted by molar-refractivity contribution is 0.213. The average Bonchev–Trinajstić information content (AvgIpc) is 3.18. The van der Waals surface area contributed by atoms with Gasteiger partial charge in [0.2, 0.25) is 11.7 Å². The molecule has 1 atom stereocenters. The van der Waals surface area contributed by atoms with Crippen molar-refractivity contribution in [2.75, 3.05) is 7.05 Å². The summed E-state index contributed by atoms with van der Waals surface area (Å²) in [6, 6.07) is 5.59. The van der Waals surface area contributed by atoms with Crippen molar-refractivity contribution in [1.82, 2.24) is 25.0 Å². The molecule has 108 valence electrons. The van der Waals surface area contributed by atoms with Crippen LogP contribution in [0.15, 0.2) is 45.9 Å². The van der Waals surface area contributed by atoms with E-state index in [1.165, 1.54) is 0 Å². The Labute approximate surface area is 121 Å². The summed E-state index contributed by atoms with van der Waals surface area (Å²) in [5.41, 5.74) is 0.943. The van der Waals surface area contributed by atoms with E-state index in [-0.39, 0.29) is 6.04 Å². The second-order valence-electron chi connectivity index (χ2n) is 4.71. The van der Waals surface area contributed by atoms with Crippen molar-refractivity contribution in [2.24, 2.45) is 0 Å². The van der Waals surface area contributed by atoms with Gasteiger partial charge in [0.25, 0.3) is 0 Å². The van der Waals surface area contributed by atoms with E-state index in [0.717, 1.165) is 5.69 Å².